The molecule has 0 heterocycles. The number of hydrogen-bond donors (Lipinski definition) is 2. The molecule has 16 heavy (non-hydrogen) atoms. The number of nitrogens with one attached hydrogen (secondary N) is 1. The van der Waals surface area contributed by atoms with Crippen molar-refractivity contribution in [3.05, 3.63) is 58.6 Å². The molecule has 2 nitrogen and oxygen atoms in total. The van der Waals surface area contributed by atoms with Crippen molar-refractivity contribution < 1.29 is 0 Å². The first-order chi connectivity index (χ1) is 7.78. The SMILES string of the molecule is NCc1ccc(Nc2cccc(Br)c2)cc1. The zero-order valence-electron chi connectivity index (χ0n) is 8.78. The number of anilines is 2. The molecule has 0 unspecified atom stereocenters. The molecule has 0 saturated heterocycles. The minimum Gasteiger partial charge on any atom is -0.355 e. The Bertz CT molecular complexity index is 466. The predicted molar refractivity (Wildman–Crippen MR) is 71.8 cm³/mol. The highest BCUT2D eigenvalue weighted by Gasteiger charge is 1.95. The van der Waals surface area contributed by atoms with Crippen LogP contribution >= 0.6 is 15.9 Å². The van der Waals surface area contributed by atoms with Crippen molar-refractivity contribution >= 4 is 27.3 Å². The average molecular weight is 277 g/mol. The van der Waals surface area contributed by atoms with E-state index in [9.17, 15) is 0 Å². The lowest BCUT2D eigenvalue weighted by molar-refractivity contribution is 1.07. The molecule has 0 amide bonds. The molecule has 0 aliphatic carbocycles. The van der Waals surface area contributed by atoms with Crippen molar-refractivity contribution in [3.63, 3.8) is 0 Å². The summed E-state index contributed by atoms with van der Waals surface area (Å²) < 4.78 is 1.07. The topological polar surface area (TPSA) is 38.0 Å². The molecule has 0 atom stereocenters. The van der Waals surface area contributed by atoms with Crippen LogP contribution < -0.4 is 11.1 Å². The first-order valence-electron chi connectivity index (χ1n) is 5.09. The molecular weight excluding hydrogens is 264 g/mol. The van der Waals surface area contributed by atoms with Crippen LogP contribution in [0.15, 0.2) is 53.0 Å². The Hall–Kier alpha value is -1.32. The van der Waals surface area contributed by atoms with Gasteiger partial charge in [-0.05, 0) is 35.9 Å². The summed E-state index contributed by atoms with van der Waals surface area (Å²) in [5, 5.41) is 3.33. The first kappa shape index (κ1) is 11.2. The standard InChI is InChI=1S/C13H13BrN2/c14-11-2-1-3-13(8-11)16-12-6-4-10(9-15)5-7-12/h1-8,16H,9,15H2. The smallest absolute Gasteiger partial charge is 0.0395 e. The van der Waals surface area contributed by atoms with Gasteiger partial charge >= 0.3 is 0 Å². The largest absolute Gasteiger partial charge is 0.355 e. The van der Waals surface area contributed by atoms with Crippen LogP contribution in [0.3, 0.4) is 0 Å². The number of benzene rings is 2. The van der Waals surface area contributed by atoms with Crippen molar-refractivity contribution in [3.8, 4) is 0 Å². The van der Waals surface area contributed by atoms with Crippen molar-refractivity contribution in [1.29, 1.82) is 0 Å². The highest BCUT2D eigenvalue weighted by Crippen LogP contribution is 2.20. The van der Waals surface area contributed by atoms with Crippen LogP contribution in [0.5, 0.6) is 0 Å². The second-order valence-corrected chi connectivity index (χ2v) is 4.45. The monoisotopic (exact) mass is 276 g/mol. The van der Waals surface area contributed by atoms with Gasteiger partial charge in [0.1, 0.15) is 0 Å². The van der Waals surface area contributed by atoms with Gasteiger partial charge in [-0.1, -0.05) is 34.1 Å². The summed E-state index contributed by atoms with van der Waals surface area (Å²) in [6.07, 6.45) is 0. The fraction of sp³-hybridized carbons (Fsp3) is 0.0769. The Labute approximate surface area is 104 Å². The van der Waals surface area contributed by atoms with Crippen LogP contribution in [0.1, 0.15) is 5.56 Å². The van der Waals surface area contributed by atoms with E-state index in [1.54, 1.807) is 0 Å². The summed E-state index contributed by atoms with van der Waals surface area (Å²) in [5.74, 6) is 0. The van der Waals surface area contributed by atoms with Crippen LogP contribution in [0.2, 0.25) is 0 Å². The number of rotatable bonds is 3. The fourth-order valence-corrected chi connectivity index (χ4v) is 1.86. The maximum Gasteiger partial charge on any atom is 0.0395 e. The van der Waals surface area contributed by atoms with Crippen LogP contribution in [0.25, 0.3) is 0 Å². The molecule has 2 rings (SSSR count). The molecule has 0 aliphatic rings. The zero-order valence-corrected chi connectivity index (χ0v) is 10.4. The van der Waals surface area contributed by atoms with Crippen molar-refractivity contribution in [2.24, 2.45) is 5.73 Å². The van der Waals surface area contributed by atoms with E-state index in [4.69, 9.17) is 5.73 Å². The Kier molecular flexibility index (Phi) is 3.59. The Morgan fingerprint density at radius 2 is 1.75 bits per heavy atom. The van der Waals surface area contributed by atoms with E-state index in [0.717, 1.165) is 21.4 Å². The molecule has 0 spiro atoms. The van der Waals surface area contributed by atoms with E-state index in [1.165, 1.54) is 0 Å². The average Bonchev–Trinajstić information content (AvgIpc) is 2.30. The fourth-order valence-electron chi connectivity index (χ4n) is 1.46. The van der Waals surface area contributed by atoms with Gasteiger partial charge < -0.3 is 11.1 Å². The summed E-state index contributed by atoms with van der Waals surface area (Å²) >= 11 is 3.44. The molecule has 0 saturated carbocycles. The molecule has 3 N–H and O–H groups in total. The first-order valence-corrected chi connectivity index (χ1v) is 5.89. The third kappa shape index (κ3) is 2.84. The van der Waals surface area contributed by atoms with Gasteiger partial charge in [0.25, 0.3) is 0 Å². The van der Waals surface area contributed by atoms with Crippen molar-refractivity contribution in [2.75, 3.05) is 5.32 Å². The Balaban J connectivity index is 2.14. The number of halogens is 1. The lowest BCUT2D eigenvalue weighted by atomic mass is 10.2. The van der Waals surface area contributed by atoms with E-state index >= 15 is 0 Å². The van der Waals surface area contributed by atoms with E-state index < -0.39 is 0 Å². The van der Waals surface area contributed by atoms with E-state index in [1.807, 2.05) is 48.5 Å². The highest BCUT2D eigenvalue weighted by atomic mass is 79.9. The Morgan fingerprint density at radius 3 is 2.38 bits per heavy atom. The van der Waals surface area contributed by atoms with Crippen molar-refractivity contribution in [2.45, 2.75) is 6.54 Å². The minimum absolute atomic E-state index is 0.581. The molecule has 0 radical (unpaired) electrons. The van der Waals surface area contributed by atoms with E-state index in [2.05, 4.69) is 21.2 Å². The molecular formula is C13H13BrN2. The van der Waals surface area contributed by atoms with Crippen molar-refractivity contribution in [1.82, 2.24) is 0 Å². The summed E-state index contributed by atoms with van der Waals surface area (Å²) in [6.45, 7) is 0.581. The molecule has 82 valence electrons. The zero-order chi connectivity index (χ0) is 11.4. The molecule has 0 aromatic heterocycles. The summed E-state index contributed by atoms with van der Waals surface area (Å²) in [7, 11) is 0. The highest BCUT2D eigenvalue weighted by molar-refractivity contribution is 9.10. The normalized spacial score (nSPS) is 10.1. The molecule has 0 fully saturated rings. The predicted octanol–water partition coefficient (Wildman–Crippen LogP) is 3.65. The van der Waals surface area contributed by atoms with Gasteiger partial charge in [0.05, 0.1) is 0 Å². The van der Waals surface area contributed by atoms with E-state index in [0.29, 0.717) is 6.54 Å². The van der Waals surface area contributed by atoms with Gasteiger partial charge in [0, 0.05) is 22.4 Å². The molecule has 3 heteroatoms. The second-order valence-electron chi connectivity index (χ2n) is 3.54. The maximum atomic E-state index is 5.55. The van der Waals surface area contributed by atoms with Crippen LogP contribution in [-0.4, -0.2) is 0 Å². The maximum absolute atomic E-state index is 5.55. The van der Waals surface area contributed by atoms with Crippen LogP contribution in [0.4, 0.5) is 11.4 Å². The number of nitrogens with two attached hydrogens (primary N) is 1. The summed E-state index contributed by atoms with van der Waals surface area (Å²) in [6, 6.07) is 16.2. The third-order valence-corrected chi connectivity index (χ3v) is 2.80. The molecule has 0 bridgehead atoms. The summed E-state index contributed by atoms with van der Waals surface area (Å²) in [4.78, 5) is 0. The van der Waals surface area contributed by atoms with Gasteiger partial charge in [-0.25, -0.2) is 0 Å². The number of hydrogen-bond acceptors (Lipinski definition) is 2. The van der Waals surface area contributed by atoms with Gasteiger partial charge in [-0.2, -0.15) is 0 Å². The van der Waals surface area contributed by atoms with E-state index in [-0.39, 0.29) is 0 Å². The van der Waals surface area contributed by atoms with Gasteiger partial charge in [-0.15, -0.1) is 0 Å². The summed E-state index contributed by atoms with van der Waals surface area (Å²) in [5.41, 5.74) is 8.81. The molecule has 0 aliphatic heterocycles. The lowest BCUT2D eigenvalue weighted by Gasteiger charge is -2.07. The minimum atomic E-state index is 0.581. The van der Waals surface area contributed by atoms with Crippen LogP contribution in [-0.2, 0) is 6.54 Å². The van der Waals surface area contributed by atoms with Crippen LogP contribution in [0, 0.1) is 0 Å². The quantitative estimate of drug-likeness (QED) is 0.898. The van der Waals surface area contributed by atoms with Gasteiger partial charge in [0.2, 0.25) is 0 Å². The molecule has 2 aromatic rings. The Morgan fingerprint density at radius 1 is 1.00 bits per heavy atom. The molecule has 2 aromatic carbocycles. The second kappa shape index (κ2) is 5.14. The lowest BCUT2D eigenvalue weighted by Crippen LogP contribution is -1.96. The third-order valence-electron chi connectivity index (χ3n) is 2.30. The van der Waals surface area contributed by atoms with Gasteiger partial charge in [-0.3, -0.25) is 0 Å². The van der Waals surface area contributed by atoms with Gasteiger partial charge in [0.15, 0.2) is 0 Å².